The highest BCUT2D eigenvalue weighted by molar-refractivity contribution is 7.91. The van der Waals surface area contributed by atoms with E-state index >= 15 is 0 Å². The van der Waals surface area contributed by atoms with E-state index in [1.165, 1.54) is 25.1 Å². The van der Waals surface area contributed by atoms with E-state index in [1.807, 2.05) is 18.2 Å². The van der Waals surface area contributed by atoms with Crippen LogP contribution in [0.4, 0.5) is 10.1 Å². The Bertz CT molecular complexity index is 1570. The number of hydrogen-bond donors (Lipinski definition) is 2. The Balaban J connectivity index is 1.65. The molecule has 3 aromatic rings. The quantitative estimate of drug-likeness (QED) is 0.435. The summed E-state index contributed by atoms with van der Waals surface area (Å²) in [5, 5.41) is 6.75. The molecule has 2 amide bonds. The van der Waals surface area contributed by atoms with Gasteiger partial charge in [-0.2, -0.15) is 8.42 Å². The summed E-state index contributed by atoms with van der Waals surface area (Å²) in [6, 6.07) is 16.1. The first-order valence-corrected chi connectivity index (χ1v) is 14.7. The van der Waals surface area contributed by atoms with Crippen LogP contribution in [0.2, 0.25) is 5.02 Å². The van der Waals surface area contributed by atoms with Gasteiger partial charge in [0, 0.05) is 28.8 Å². The van der Waals surface area contributed by atoms with Crippen molar-refractivity contribution in [3.05, 3.63) is 94.3 Å². The first-order chi connectivity index (χ1) is 18.6. The van der Waals surface area contributed by atoms with Gasteiger partial charge in [0.05, 0.1) is 12.3 Å². The maximum Gasteiger partial charge on any atom is 0.339 e. The van der Waals surface area contributed by atoms with Crippen LogP contribution in [0.15, 0.2) is 71.6 Å². The average molecular weight is 571 g/mol. The summed E-state index contributed by atoms with van der Waals surface area (Å²) in [5.74, 6) is -1.62. The maximum absolute atomic E-state index is 14.3. The van der Waals surface area contributed by atoms with Gasteiger partial charge in [0.1, 0.15) is 16.8 Å². The van der Waals surface area contributed by atoms with Crippen molar-refractivity contribution >= 4 is 39.1 Å². The van der Waals surface area contributed by atoms with Crippen LogP contribution in [0.25, 0.3) is 0 Å². The van der Waals surface area contributed by atoms with Gasteiger partial charge in [-0.05, 0) is 74.8 Å². The molecule has 2 heterocycles. The van der Waals surface area contributed by atoms with Gasteiger partial charge < -0.3 is 10.6 Å². The van der Waals surface area contributed by atoms with Crippen LogP contribution >= 0.6 is 11.6 Å². The molecule has 0 aromatic heterocycles. The predicted molar refractivity (Wildman–Crippen MR) is 148 cm³/mol. The zero-order valence-corrected chi connectivity index (χ0v) is 23.3. The minimum absolute atomic E-state index is 0.225. The molecule has 0 saturated carbocycles. The van der Waals surface area contributed by atoms with Gasteiger partial charge in [-0.3, -0.25) is 4.79 Å². The second kappa shape index (κ2) is 10.1. The van der Waals surface area contributed by atoms with Gasteiger partial charge >= 0.3 is 15.9 Å². The van der Waals surface area contributed by atoms with Crippen molar-refractivity contribution in [1.82, 2.24) is 14.5 Å². The number of amides is 2. The lowest BCUT2D eigenvalue weighted by Gasteiger charge is -2.41. The number of piperidine rings is 1. The van der Waals surface area contributed by atoms with Gasteiger partial charge in [-0.15, -0.1) is 3.89 Å². The fourth-order valence-corrected chi connectivity index (χ4v) is 8.79. The van der Waals surface area contributed by atoms with Gasteiger partial charge in [-0.1, -0.05) is 35.9 Å². The topological polar surface area (TPSA) is 92.3 Å². The van der Waals surface area contributed by atoms with E-state index in [2.05, 4.69) is 10.6 Å². The van der Waals surface area contributed by atoms with Crippen LogP contribution in [0.1, 0.15) is 48.2 Å². The Kier molecular flexibility index (Phi) is 7.13. The van der Waals surface area contributed by atoms with E-state index in [4.69, 9.17) is 11.6 Å². The SMILES string of the molecule is CC(=O)[N+]1(S(=O)(=O)c2cccc(F)c2)c2ccc(C(=O)NCc3ccccc3Cl)cc2C2(CCNCC2)C1C. The van der Waals surface area contributed by atoms with E-state index in [-0.39, 0.29) is 17.3 Å². The maximum atomic E-state index is 14.3. The molecule has 5 rings (SSSR count). The van der Waals surface area contributed by atoms with Gasteiger partial charge in [0.15, 0.2) is 5.69 Å². The third-order valence-corrected chi connectivity index (χ3v) is 11.1. The molecular formula is C29H30ClFN3O4S+. The normalized spacial score (nSPS) is 21.9. The zero-order chi connectivity index (χ0) is 28.0. The summed E-state index contributed by atoms with van der Waals surface area (Å²) in [5.41, 5.74) is 1.41. The van der Waals surface area contributed by atoms with E-state index < -0.39 is 37.1 Å². The number of nitrogens with zero attached hydrogens (tertiary/aromatic N) is 1. The Morgan fingerprint density at radius 1 is 1.08 bits per heavy atom. The summed E-state index contributed by atoms with van der Waals surface area (Å²) >= 11 is 6.24. The van der Waals surface area contributed by atoms with Crippen LogP contribution in [-0.2, 0) is 26.8 Å². The lowest BCUT2D eigenvalue weighted by molar-refractivity contribution is -0.125. The second-order valence-electron chi connectivity index (χ2n) is 10.2. The number of benzene rings is 3. The van der Waals surface area contributed by atoms with Gasteiger partial charge in [0.25, 0.3) is 5.91 Å². The monoisotopic (exact) mass is 570 g/mol. The number of hydrogen-bond acceptors (Lipinski definition) is 5. The van der Waals surface area contributed by atoms with Crippen molar-refractivity contribution in [2.45, 2.75) is 49.6 Å². The van der Waals surface area contributed by atoms with Crippen LogP contribution < -0.4 is 14.5 Å². The number of quaternary nitrogens is 1. The molecule has 7 nitrogen and oxygen atoms in total. The van der Waals surface area contributed by atoms with E-state index in [1.54, 1.807) is 31.2 Å². The molecule has 1 saturated heterocycles. The molecule has 3 aromatic carbocycles. The molecule has 2 atom stereocenters. The van der Waals surface area contributed by atoms with Gasteiger partial charge in [0.2, 0.25) is 0 Å². The fourth-order valence-electron chi connectivity index (χ4n) is 6.37. The summed E-state index contributed by atoms with van der Waals surface area (Å²) in [6.45, 7) is 4.53. The Labute approximate surface area is 232 Å². The number of carbonyl (C=O) groups excluding carboxylic acids is 2. The molecule has 0 bridgehead atoms. The Hall–Kier alpha value is -3.11. The average Bonchev–Trinajstić information content (AvgIpc) is 3.13. The highest BCUT2D eigenvalue weighted by Crippen LogP contribution is 2.57. The largest absolute Gasteiger partial charge is 0.348 e. The third kappa shape index (κ3) is 4.19. The molecule has 2 aliphatic rings. The molecular weight excluding hydrogens is 541 g/mol. The predicted octanol–water partition coefficient (Wildman–Crippen LogP) is 4.68. The number of nitrogens with one attached hydrogen (secondary N) is 2. The van der Waals surface area contributed by atoms with Crippen LogP contribution in [0.5, 0.6) is 0 Å². The standard InChI is InChI=1S/C29H29ClFN3O4S/c1-19-29(12-14-32-15-13-29)25-16-21(28(36)33-18-22-6-3-4-9-26(22)30)10-11-27(25)34(19,20(2)35)39(37,38)24-8-5-7-23(31)17-24/h3-11,16-17,19,32H,12-15,18H2,1-2H3/p+1. The minimum Gasteiger partial charge on any atom is -0.348 e. The number of sulfonamides is 1. The third-order valence-electron chi connectivity index (χ3n) is 8.33. The minimum atomic E-state index is -4.43. The van der Waals surface area contributed by atoms with Crippen LogP contribution in [-0.4, -0.2) is 39.4 Å². The van der Waals surface area contributed by atoms with Crippen molar-refractivity contribution in [3.63, 3.8) is 0 Å². The lowest BCUT2D eigenvalue weighted by Crippen LogP contribution is -2.65. The van der Waals surface area contributed by atoms with Gasteiger partial charge in [-0.25, -0.2) is 9.18 Å². The van der Waals surface area contributed by atoms with Crippen LogP contribution in [0, 0.1) is 5.82 Å². The number of halogens is 2. The summed E-state index contributed by atoms with van der Waals surface area (Å²) in [7, 11) is -4.43. The lowest BCUT2D eigenvalue weighted by atomic mass is 9.70. The zero-order valence-electron chi connectivity index (χ0n) is 21.7. The summed E-state index contributed by atoms with van der Waals surface area (Å²) in [4.78, 5) is 26.5. The Morgan fingerprint density at radius 3 is 2.46 bits per heavy atom. The molecule has 39 heavy (non-hydrogen) atoms. The summed E-state index contributed by atoms with van der Waals surface area (Å²) < 4.78 is 41.9. The van der Waals surface area contributed by atoms with Crippen molar-refractivity contribution in [2.75, 3.05) is 13.1 Å². The molecule has 0 aliphatic carbocycles. The molecule has 2 unspecified atom stereocenters. The van der Waals surface area contributed by atoms with E-state index in [0.29, 0.717) is 47.8 Å². The molecule has 1 fully saturated rings. The van der Waals surface area contributed by atoms with E-state index in [0.717, 1.165) is 11.6 Å². The first kappa shape index (κ1) is 27.5. The first-order valence-electron chi connectivity index (χ1n) is 12.8. The van der Waals surface area contributed by atoms with Crippen molar-refractivity contribution in [2.24, 2.45) is 0 Å². The molecule has 2 aliphatic heterocycles. The van der Waals surface area contributed by atoms with E-state index in [9.17, 15) is 22.4 Å². The molecule has 1 spiro atoms. The molecule has 10 heteroatoms. The Morgan fingerprint density at radius 2 is 1.79 bits per heavy atom. The molecule has 0 radical (unpaired) electrons. The number of carbonyl (C=O) groups is 2. The van der Waals surface area contributed by atoms with Crippen molar-refractivity contribution in [1.29, 1.82) is 0 Å². The fraction of sp³-hybridized carbons (Fsp3) is 0.310. The highest BCUT2D eigenvalue weighted by Gasteiger charge is 2.68. The second-order valence-corrected chi connectivity index (χ2v) is 12.6. The van der Waals surface area contributed by atoms with Crippen molar-refractivity contribution in [3.8, 4) is 0 Å². The van der Waals surface area contributed by atoms with Crippen molar-refractivity contribution < 1.29 is 22.4 Å². The molecule has 204 valence electrons. The number of rotatable bonds is 5. The highest BCUT2D eigenvalue weighted by atomic mass is 35.5. The smallest absolute Gasteiger partial charge is 0.339 e. The molecule has 2 N–H and O–H groups in total. The number of fused-ring (bicyclic) bond motifs is 2. The van der Waals surface area contributed by atoms with Crippen LogP contribution in [0.3, 0.4) is 0 Å². The summed E-state index contributed by atoms with van der Waals surface area (Å²) in [6.07, 6.45) is 1.16.